The molecule has 0 N–H and O–H groups in total. The summed E-state index contributed by atoms with van der Waals surface area (Å²) in [5.41, 5.74) is 3.62. The molecule has 0 saturated heterocycles. The Kier molecular flexibility index (Phi) is 6.44. The lowest BCUT2D eigenvalue weighted by Gasteiger charge is -2.36. The number of fused-ring (bicyclic) bond motifs is 7. The van der Waals surface area contributed by atoms with Gasteiger partial charge in [-0.2, -0.15) is 0 Å². The van der Waals surface area contributed by atoms with E-state index in [4.69, 9.17) is 14.2 Å². The third-order valence-corrected chi connectivity index (χ3v) is 10.4. The number of para-hydroxylation sites is 2. The summed E-state index contributed by atoms with van der Waals surface area (Å²) in [5.74, 6) is 7.53. The molecule has 38 heavy (non-hydrogen) atoms. The molecule has 7 rings (SSSR count). The quantitative estimate of drug-likeness (QED) is 0.284. The van der Waals surface area contributed by atoms with Crippen molar-refractivity contribution in [2.24, 2.45) is 29.6 Å². The van der Waals surface area contributed by atoms with Crippen LogP contribution >= 0.6 is 0 Å². The Labute approximate surface area is 227 Å². The Bertz CT molecular complexity index is 1220. The largest absolute Gasteiger partial charge is 0.464 e. The van der Waals surface area contributed by atoms with Crippen LogP contribution in [0, 0.1) is 29.6 Å². The topological polar surface area (TPSA) is 27.7 Å². The van der Waals surface area contributed by atoms with Crippen LogP contribution in [0.15, 0.2) is 72.8 Å². The van der Waals surface area contributed by atoms with E-state index in [9.17, 15) is 0 Å². The first-order valence-electron chi connectivity index (χ1n) is 14.9. The Morgan fingerprint density at radius 1 is 0.816 bits per heavy atom. The van der Waals surface area contributed by atoms with Crippen LogP contribution in [0.25, 0.3) is 0 Å². The fourth-order valence-corrected chi connectivity index (χ4v) is 8.30. The zero-order valence-corrected chi connectivity index (χ0v) is 22.7. The maximum Gasteiger partial charge on any atom is 0.211 e. The van der Waals surface area contributed by atoms with E-state index in [0.717, 1.165) is 65.1 Å². The first kappa shape index (κ1) is 24.3. The summed E-state index contributed by atoms with van der Waals surface area (Å²) in [6.07, 6.45) is 7.81. The third-order valence-electron chi connectivity index (χ3n) is 10.4. The van der Waals surface area contributed by atoms with Crippen molar-refractivity contribution in [3.05, 3.63) is 89.5 Å². The van der Waals surface area contributed by atoms with Crippen LogP contribution in [0.4, 0.5) is 0 Å². The zero-order chi connectivity index (χ0) is 25.6. The maximum atomic E-state index is 6.91. The summed E-state index contributed by atoms with van der Waals surface area (Å²) in [4.78, 5) is 0. The van der Waals surface area contributed by atoms with Gasteiger partial charge in [-0.15, -0.1) is 0 Å². The average Bonchev–Trinajstić information content (AvgIpc) is 3.69. The predicted octanol–water partition coefficient (Wildman–Crippen LogP) is 8.93. The van der Waals surface area contributed by atoms with Gasteiger partial charge in [-0.05, 0) is 97.4 Å². The number of ether oxygens (including phenoxy) is 3. The van der Waals surface area contributed by atoms with Crippen LogP contribution in [0.1, 0.15) is 80.9 Å². The van der Waals surface area contributed by atoms with Crippen molar-refractivity contribution in [2.75, 3.05) is 6.61 Å². The molecule has 3 aromatic rings. The molecule has 3 saturated carbocycles. The van der Waals surface area contributed by atoms with Crippen molar-refractivity contribution >= 4 is 0 Å². The Morgan fingerprint density at radius 3 is 2.21 bits per heavy atom. The van der Waals surface area contributed by atoms with Gasteiger partial charge in [0.2, 0.25) is 6.29 Å². The molecule has 0 spiro atoms. The number of rotatable bonds is 8. The van der Waals surface area contributed by atoms with Gasteiger partial charge in [-0.1, -0.05) is 68.8 Å². The minimum Gasteiger partial charge on any atom is -0.464 e. The second kappa shape index (κ2) is 10.1. The van der Waals surface area contributed by atoms with E-state index in [2.05, 4.69) is 74.5 Å². The van der Waals surface area contributed by atoms with Crippen molar-refractivity contribution in [3.63, 3.8) is 0 Å². The molecule has 1 heterocycles. The van der Waals surface area contributed by atoms with Crippen LogP contribution < -0.4 is 9.47 Å². The van der Waals surface area contributed by atoms with Crippen LogP contribution in [0.2, 0.25) is 0 Å². The highest BCUT2D eigenvalue weighted by molar-refractivity contribution is 5.54. The van der Waals surface area contributed by atoms with E-state index in [1.807, 2.05) is 12.1 Å². The SMILES string of the molecule is CCC(C)c1ccc(OC(OCC2CC3CC2C2CCCC32)C2c3ccccc3Oc3ccccc32)cc1. The van der Waals surface area contributed by atoms with Crippen LogP contribution in [-0.2, 0) is 4.74 Å². The normalized spacial score (nSPS) is 28.7. The van der Waals surface area contributed by atoms with Gasteiger partial charge in [0.05, 0.1) is 12.5 Å². The van der Waals surface area contributed by atoms with Crippen LogP contribution in [-0.4, -0.2) is 12.9 Å². The van der Waals surface area contributed by atoms with Crippen molar-refractivity contribution in [3.8, 4) is 17.2 Å². The molecule has 0 aromatic heterocycles. The van der Waals surface area contributed by atoms with Gasteiger partial charge in [-0.3, -0.25) is 0 Å². The minimum atomic E-state index is -0.422. The molecule has 4 aliphatic rings. The Hall–Kier alpha value is -2.78. The molecule has 3 fully saturated rings. The first-order chi connectivity index (χ1) is 18.7. The maximum absolute atomic E-state index is 6.91. The smallest absolute Gasteiger partial charge is 0.211 e. The van der Waals surface area contributed by atoms with Crippen molar-refractivity contribution in [1.82, 2.24) is 0 Å². The summed E-state index contributed by atoms with van der Waals surface area (Å²) >= 11 is 0. The standard InChI is InChI=1S/C35H40O3/c1-3-22(2)23-15-17-26(18-16-23)37-35(36-21-25-19-24-20-31(25)28-12-8-11-27(24)28)34-29-9-4-6-13-32(29)38-33-14-7-5-10-30(33)34/h4-7,9-10,13-18,22,24-25,27-28,31,34-35H,3,8,11-12,19-21H2,1-2H3. The minimum absolute atomic E-state index is 0.0526. The number of benzene rings is 3. The molecule has 2 bridgehead atoms. The summed E-state index contributed by atoms with van der Waals surface area (Å²) in [7, 11) is 0. The van der Waals surface area contributed by atoms with Crippen LogP contribution in [0.3, 0.4) is 0 Å². The molecule has 0 amide bonds. The van der Waals surface area contributed by atoms with Gasteiger partial charge < -0.3 is 14.2 Å². The van der Waals surface area contributed by atoms with Gasteiger partial charge in [-0.25, -0.2) is 0 Å². The Balaban J connectivity index is 1.19. The van der Waals surface area contributed by atoms with Crippen molar-refractivity contribution in [2.45, 2.75) is 70.5 Å². The van der Waals surface area contributed by atoms with E-state index < -0.39 is 6.29 Å². The summed E-state index contributed by atoms with van der Waals surface area (Å²) in [6, 6.07) is 25.4. The van der Waals surface area contributed by atoms with Crippen LogP contribution in [0.5, 0.6) is 17.2 Å². The Morgan fingerprint density at radius 2 is 1.50 bits per heavy atom. The van der Waals surface area contributed by atoms with Gasteiger partial charge in [0.1, 0.15) is 17.2 Å². The first-order valence-corrected chi connectivity index (χ1v) is 14.9. The molecule has 198 valence electrons. The lowest BCUT2D eigenvalue weighted by atomic mass is 9.76. The molecular weight excluding hydrogens is 468 g/mol. The predicted molar refractivity (Wildman–Crippen MR) is 151 cm³/mol. The molecule has 3 aliphatic carbocycles. The highest BCUT2D eigenvalue weighted by atomic mass is 16.7. The second-order valence-corrected chi connectivity index (χ2v) is 12.3. The molecular formula is C35H40O3. The lowest BCUT2D eigenvalue weighted by Crippen LogP contribution is -2.35. The molecule has 0 radical (unpaired) electrons. The van der Waals surface area contributed by atoms with Crippen molar-refractivity contribution in [1.29, 1.82) is 0 Å². The number of hydrogen-bond acceptors (Lipinski definition) is 3. The van der Waals surface area contributed by atoms with Crippen molar-refractivity contribution < 1.29 is 14.2 Å². The molecule has 7 atom stereocenters. The summed E-state index contributed by atoms with van der Waals surface area (Å²) < 4.78 is 20.0. The van der Waals surface area contributed by atoms with Gasteiger partial charge in [0, 0.05) is 11.1 Å². The molecule has 1 aliphatic heterocycles. The third kappa shape index (κ3) is 4.24. The zero-order valence-electron chi connectivity index (χ0n) is 22.7. The van der Waals surface area contributed by atoms with E-state index in [-0.39, 0.29) is 5.92 Å². The monoisotopic (exact) mass is 508 g/mol. The summed E-state index contributed by atoms with van der Waals surface area (Å²) in [6.45, 7) is 5.30. The lowest BCUT2D eigenvalue weighted by molar-refractivity contribution is -0.109. The second-order valence-electron chi connectivity index (χ2n) is 12.3. The van der Waals surface area contributed by atoms with Gasteiger partial charge >= 0.3 is 0 Å². The average molecular weight is 509 g/mol. The fourth-order valence-electron chi connectivity index (χ4n) is 8.30. The van der Waals surface area contributed by atoms with E-state index >= 15 is 0 Å². The highest BCUT2D eigenvalue weighted by Crippen LogP contribution is 2.61. The van der Waals surface area contributed by atoms with E-state index in [1.165, 1.54) is 37.7 Å². The van der Waals surface area contributed by atoms with Gasteiger partial charge in [0.25, 0.3) is 0 Å². The molecule has 7 unspecified atom stereocenters. The van der Waals surface area contributed by atoms with Gasteiger partial charge in [0.15, 0.2) is 0 Å². The molecule has 3 aromatic carbocycles. The summed E-state index contributed by atoms with van der Waals surface area (Å²) in [5, 5.41) is 0. The van der Waals surface area contributed by atoms with E-state index in [0.29, 0.717) is 11.8 Å². The fraction of sp³-hybridized carbons (Fsp3) is 0.486. The highest BCUT2D eigenvalue weighted by Gasteiger charge is 2.53. The molecule has 3 heteroatoms. The van der Waals surface area contributed by atoms with E-state index in [1.54, 1.807) is 0 Å². The number of hydrogen-bond donors (Lipinski definition) is 0. The molecule has 3 nitrogen and oxygen atoms in total.